The summed E-state index contributed by atoms with van der Waals surface area (Å²) in [5, 5.41) is 13.4. The van der Waals surface area contributed by atoms with Crippen LogP contribution in [0.5, 0.6) is 0 Å². The third-order valence-corrected chi connectivity index (χ3v) is 13.6. The largest absolute Gasteiger partial charge is 0.381 e. The van der Waals surface area contributed by atoms with E-state index in [1.165, 1.54) is 126 Å². The lowest BCUT2D eigenvalue weighted by atomic mass is 10.1. The summed E-state index contributed by atoms with van der Waals surface area (Å²) in [4.78, 5) is 41.7. The van der Waals surface area contributed by atoms with E-state index in [0.29, 0.717) is 57.9 Å². The molecule has 0 aliphatic carbocycles. The molecule has 0 spiro atoms. The van der Waals surface area contributed by atoms with Crippen LogP contribution in [-0.2, 0) is 9.53 Å². The number of aromatic nitrogens is 2. The van der Waals surface area contributed by atoms with Gasteiger partial charge in [-0.2, -0.15) is 0 Å². The van der Waals surface area contributed by atoms with Crippen molar-refractivity contribution in [2.24, 2.45) is 0 Å². The van der Waals surface area contributed by atoms with E-state index in [4.69, 9.17) is 51.1 Å². The van der Waals surface area contributed by atoms with Gasteiger partial charge in [0.1, 0.15) is 16.4 Å². The summed E-state index contributed by atoms with van der Waals surface area (Å²) in [6, 6.07) is 15.2. The van der Waals surface area contributed by atoms with Crippen molar-refractivity contribution in [1.29, 1.82) is 0 Å². The van der Waals surface area contributed by atoms with Crippen LogP contribution in [0, 0.1) is 0 Å². The quantitative estimate of drug-likeness (QED) is 0.0346. The lowest BCUT2D eigenvalue weighted by Crippen LogP contribution is -2.26. The minimum Gasteiger partial charge on any atom is -0.381 e. The maximum atomic E-state index is 14.3. The molecular weight excluding hydrogens is 920 g/mol. The number of hydrogen-bond donors (Lipinski definition) is 4. The number of hydrogen-bond acceptors (Lipinski definition) is 6. The monoisotopic (exact) mass is 989 g/mol. The zero-order chi connectivity index (χ0) is 46.7. The summed E-state index contributed by atoms with van der Waals surface area (Å²) in [5.74, 6) is -0.0800. The van der Waals surface area contributed by atoms with Gasteiger partial charge in [0.05, 0.1) is 26.3 Å². The van der Waals surface area contributed by atoms with Crippen LogP contribution in [-0.4, -0.2) is 41.4 Å². The van der Waals surface area contributed by atoms with Gasteiger partial charge in [0.2, 0.25) is 5.91 Å². The van der Waals surface area contributed by atoms with Gasteiger partial charge in [-0.25, -0.2) is 4.68 Å². The summed E-state index contributed by atoms with van der Waals surface area (Å²) in [6.07, 6.45) is 27.2. The van der Waals surface area contributed by atoms with Gasteiger partial charge in [0.25, 0.3) is 11.5 Å². The molecule has 0 saturated heterocycles. The molecule has 0 aliphatic heterocycles. The number of unbranched alkanes of at least 4 members (excludes halogenated alkanes) is 19. The van der Waals surface area contributed by atoms with E-state index in [9.17, 15) is 14.4 Å². The number of ether oxygens (including phenoxy) is 1. The van der Waals surface area contributed by atoms with Gasteiger partial charge < -0.3 is 20.7 Å². The summed E-state index contributed by atoms with van der Waals surface area (Å²) in [6.45, 7) is 6.23. The van der Waals surface area contributed by atoms with Crippen molar-refractivity contribution >= 4 is 87.2 Å². The summed E-state index contributed by atoms with van der Waals surface area (Å²) in [7, 11) is 0. The van der Waals surface area contributed by atoms with Crippen LogP contribution in [0.1, 0.15) is 172 Å². The van der Waals surface area contributed by atoms with E-state index >= 15 is 0 Å². The lowest BCUT2D eigenvalue weighted by molar-refractivity contribution is -0.116. The van der Waals surface area contributed by atoms with E-state index in [0.717, 1.165) is 44.1 Å². The van der Waals surface area contributed by atoms with Crippen LogP contribution in [0.4, 0.5) is 17.2 Å². The molecule has 4 rings (SSSR count). The summed E-state index contributed by atoms with van der Waals surface area (Å²) < 4.78 is 7.09. The Morgan fingerprint density at radius 1 is 0.662 bits per heavy atom. The predicted octanol–water partition coefficient (Wildman–Crippen LogP) is 16.4. The fraction of sp³-hybridized carbons (Fsp3) is 0.549. The molecule has 0 unspecified atom stereocenters. The fourth-order valence-electron chi connectivity index (χ4n) is 7.63. The van der Waals surface area contributed by atoms with Crippen molar-refractivity contribution in [1.82, 2.24) is 15.1 Å². The Morgan fingerprint density at radius 2 is 1.22 bits per heavy atom. The van der Waals surface area contributed by atoms with E-state index in [-0.39, 0.29) is 38.3 Å². The lowest BCUT2D eigenvalue weighted by Gasteiger charge is -2.13. The highest BCUT2D eigenvalue weighted by molar-refractivity contribution is 7.99. The van der Waals surface area contributed by atoms with E-state index in [1.807, 2.05) is 6.07 Å². The molecule has 14 heteroatoms. The molecule has 0 aliphatic rings. The second-order valence-electron chi connectivity index (χ2n) is 16.8. The fourth-order valence-corrected chi connectivity index (χ4v) is 9.80. The predicted molar refractivity (Wildman–Crippen MR) is 276 cm³/mol. The molecule has 2 amide bonds. The highest BCUT2D eigenvalue weighted by atomic mass is 35.5. The zero-order valence-electron chi connectivity index (χ0n) is 38.6. The van der Waals surface area contributed by atoms with Crippen LogP contribution in [0.25, 0.3) is 5.69 Å². The Hall–Kier alpha value is -3.12. The minimum absolute atomic E-state index is 0.0798. The minimum atomic E-state index is -0.481. The number of halogens is 4. The number of carbonyl (C=O) groups excluding carboxylic acids is 2. The number of nitrogens with one attached hydrogen (secondary N) is 4. The van der Waals surface area contributed by atoms with Crippen LogP contribution >= 0.6 is 58.2 Å². The highest BCUT2D eigenvalue weighted by Crippen LogP contribution is 2.38. The summed E-state index contributed by atoms with van der Waals surface area (Å²) >= 11 is 27.3. The molecule has 3 aromatic carbocycles. The van der Waals surface area contributed by atoms with E-state index < -0.39 is 5.56 Å². The Morgan fingerprint density at radius 3 is 1.83 bits per heavy atom. The van der Waals surface area contributed by atoms with Crippen molar-refractivity contribution in [3.05, 3.63) is 90.6 Å². The molecule has 4 N–H and O–H groups in total. The molecule has 0 bridgehead atoms. The second kappa shape index (κ2) is 31.8. The molecule has 9 nitrogen and oxygen atoms in total. The number of anilines is 3. The molecular formula is C51H71Cl4N5O4S. The number of amides is 2. The van der Waals surface area contributed by atoms with E-state index in [1.54, 1.807) is 36.4 Å². The number of H-pyrrole nitrogens is 1. The Kier molecular flexibility index (Phi) is 26.6. The van der Waals surface area contributed by atoms with Gasteiger partial charge in [-0.3, -0.25) is 19.5 Å². The zero-order valence-corrected chi connectivity index (χ0v) is 42.4. The maximum Gasteiger partial charge on any atom is 0.287 e. The van der Waals surface area contributed by atoms with Crippen LogP contribution in [0.15, 0.2) is 69.2 Å². The van der Waals surface area contributed by atoms with Crippen molar-refractivity contribution in [2.75, 3.05) is 30.4 Å². The van der Waals surface area contributed by atoms with Gasteiger partial charge in [-0.05, 0) is 61.7 Å². The first-order chi connectivity index (χ1) is 31.6. The Bertz CT molecular complexity index is 2070. The highest BCUT2D eigenvalue weighted by Gasteiger charge is 2.23. The molecule has 358 valence electrons. The molecule has 4 aromatic rings. The van der Waals surface area contributed by atoms with Crippen molar-refractivity contribution in [2.45, 2.75) is 171 Å². The molecule has 1 aromatic heterocycles. The standard InChI is InChI=1S/C51H71Cl4N5O4S/c1-3-5-7-9-11-13-15-16-18-20-22-29-46(61)57-39-30-31-41(53)44(37-39)58-49-48(51(63)60(59-49)47-42(54)35-38(52)36-43(47)55)65-45-28-24-23-27-40(45)50(62)56-32-26-34-64-33-25-21-19-17-14-12-10-8-6-4-2/h23-24,27-28,30-31,35-37,58-59H,3-22,25-26,29,32-34H2,1-2H3,(H,56,62)(H,57,61). The molecule has 0 atom stereocenters. The number of rotatable bonds is 34. The Labute approximate surface area is 412 Å². The average Bonchev–Trinajstić information content (AvgIpc) is 3.57. The number of nitrogens with zero attached hydrogens (tertiary/aromatic N) is 1. The maximum absolute atomic E-state index is 14.3. The molecule has 0 radical (unpaired) electrons. The van der Waals surface area contributed by atoms with Gasteiger partial charge in [0.15, 0.2) is 0 Å². The average molecular weight is 992 g/mol. The summed E-state index contributed by atoms with van der Waals surface area (Å²) in [5.41, 5.74) is 1.12. The van der Waals surface area contributed by atoms with Crippen LogP contribution < -0.4 is 21.5 Å². The van der Waals surface area contributed by atoms with Crippen molar-refractivity contribution < 1.29 is 14.3 Å². The van der Waals surface area contributed by atoms with Gasteiger partial charge in [0, 0.05) is 41.8 Å². The smallest absolute Gasteiger partial charge is 0.287 e. The van der Waals surface area contributed by atoms with Crippen LogP contribution in [0.2, 0.25) is 20.1 Å². The third kappa shape index (κ3) is 19.9. The van der Waals surface area contributed by atoms with Crippen LogP contribution in [0.3, 0.4) is 0 Å². The first-order valence-corrected chi connectivity index (χ1v) is 26.4. The van der Waals surface area contributed by atoms with Gasteiger partial charge in [-0.1, -0.05) is 206 Å². The molecule has 0 saturated carbocycles. The second-order valence-corrected chi connectivity index (χ2v) is 19.5. The van der Waals surface area contributed by atoms with Crippen molar-refractivity contribution in [3.8, 4) is 5.69 Å². The molecule has 0 fully saturated rings. The number of benzene rings is 3. The first-order valence-electron chi connectivity index (χ1n) is 24.1. The molecule has 1 heterocycles. The van der Waals surface area contributed by atoms with Crippen molar-refractivity contribution in [3.63, 3.8) is 0 Å². The SMILES string of the molecule is CCCCCCCCCCCCCC(=O)Nc1ccc(Cl)c(Nc2[nH]n(-c3c(Cl)cc(Cl)cc3Cl)c(=O)c2Sc2ccccc2C(=O)NCCCOCCCCCCCCCCCC)c1. The first kappa shape index (κ1) is 54.5. The van der Waals surface area contributed by atoms with Gasteiger partial charge >= 0.3 is 0 Å². The topological polar surface area (TPSA) is 117 Å². The Balaban J connectivity index is 1.37. The normalized spacial score (nSPS) is 11.3. The van der Waals surface area contributed by atoms with Gasteiger partial charge in [-0.15, -0.1) is 0 Å². The number of aromatic amines is 1. The molecule has 65 heavy (non-hydrogen) atoms. The number of carbonyl (C=O) groups is 2. The third-order valence-electron chi connectivity index (χ3n) is 11.3. The van der Waals surface area contributed by atoms with E-state index in [2.05, 4.69) is 34.9 Å².